The number of aliphatic hydroxyl groups excluding tert-OH is 3. The van der Waals surface area contributed by atoms with Crippen LogP contribution in [0, 0.1) is 45.3 Å². The first kappa shape index (κ1) is 25.5. The van der Waals surface area contributed by atoms with Gasteiger partial charge >= 0.3 is 0 Å². The third kappa shape index (κ3) is 3.54. The van der Waals surface area contributed by atoms with Crippen LogP contribution in [0.25, 0.3) is 0 Å². The van der Waals surface area contributed by atoms with Gasteiger partial charge in [-0.15, -0.1) is 0 Å². The summed E-state index contributed by atoms with van der Waals surface area (Å²) in [6, 6.07) is 0. The molecule has 10 atom stereocenters. The number of fused-ring (bicyclic) bond motifs is 5. The van der Waals surface area contributed by atoms with Crippen LogP contribution in [-0.4, -0.2) is 33.6 Å². The van der Waals surface area contributed by atoms with E-state index in [0.717, 1.165) is 51.4 Å². The molecule has 0 heterocycles. The molecule has 33 heavy (non-hydrogen) atoms. The number of allylic oxidation sites excluding steroid dienone is 3. The molecule has 0 spiro atoms. The van der Waals surface area contributed by atoms with Gasteiger partial charge < -0.3 is 15.3 Å². The molecule has 4 saturated carbocycles. The second-order valence-corrected chi connectivity index (χ2v) is 14.0. The standard InChI is InChI=1S/C30H50O3/c1-18(2)10-9-11-19(3)20-12-15-29(7)25(20)21(31)16-23-28(6)14-13-24(33)27(4,5)26(28)22(32)17-30(23,29)8/h10,20-26,31-33H,3,9,11-17H2,1-2,4-8H3/t20?,21-,22-,23?,24?,25?,26?,28-,29-,30-/m1/s1. The van der Waals surface area contributed by atoms with Crippen LogP contribution in [-0.2, 0) is 0 Å². The molecule has 3 heteroatoms. The van der Waals surface area contributed by atoms with Crippen LogP contribution in [0.3, 0.4) is 0 Å². The third-order valence-electron chi connectivity index (χ3n) is 11.8. The summed E-state index contributed by atoms with van der Waals surface area (Å²) in [5.41, 5.74) is 2.26. The molecule has 5 unspecified atom stereocenters. The Hall–Kier alpha value is -0.640. The minimum absolute atomic E-state index is 0.00534. The number of hydrogen-bond donors (Lipinski definition) is 3. The lowest BCUT2D eigenvalue weighted by Gasteiger charge is -2.71. The highest BCUT2D eigenvalue weighted by Crippen LogP contribution is 2.75. The van der Waals surface area contributed by atoms with Crippen molar-refractivity contribution >= 4 is 0 Å². The predicted octanol–water partition coefficient (Wildman–Crippen LogP) is 6.28. The molecular formula is C30H50O3. The molecule has 0 aliphatic heterocycles. The summed E-state index contributed by atoms with van der Waals surface area (Å²) in [5, 5.41) is 34.2. The van der Waals surface area contributed by atoms with Crippen LogP contribution < -0.4 is 0 Å². The van der Waals surface area contributed by atoms with Crippen LogP contribution in [0.15, 0.2) is 23.8 Å². The number of rotatable bonds is 4. The van der Waals surface area contributed by atoms with Gasteiger partial charge in [0.15, 0.2) is 0 Å². The highest BCUT2D eigenvalue weighted by molar-refractivity contribution is 5.23. The summed E-state index contributed by atoms with van der Waals surface area (Å²) in [7, 11) is 0. The molecule has 3 N–H and O–H groups in total. The van der Waals surface area contributed by atoms with Gasteiger partial charge in [0, 0.05) is 0 Å². The van der Waals surface area contributed by atoms with E-state index in [1.54, 1.807) is 0 Å². The molecule has 0 aromatic carbocycles. The fourth-order valence-corrected chi connectivity index (χ4v) is 10.1. The highest BCUT2D eigenvalue weighted by atomic mass is 16.3. The van der Waals surface area contributed by atoms with Gasteiger partial charge in [0.25, 0.3) is 0 Å². The normalized spacial score (nSPS) is 50.7. The summed E-state index contributed by atoms with van der Waals surface area (Å²) < 4.78 is 0. The lowest BCUT2D eigenvalue weighted by Crippen LogP contribution is -2.69. The molecule has 188 valence electrons. The van der Waals surface area contributed by atoms with Crippen molar-refractivity contribution in [3.8, 4) is 0 Å². The Labute approximate surface area is 202 Å². The highest BCUT2D eigenvalue weighted by Gasteiger charge is 2.72. The fourth-order valence-electron chi connectivity index (χ4n) is 10.1. The van der Waals surface area contributed by atoms with Crippen molar-refractivity contribution < 1.29 is 15.3 Å². The van der Waals surface area contributed by atoms with Gasteiger partial charge in [-0.05, 0) is 111 Å². The molecule has 0 aromatic rings. The van der Waals surface area contributed by atoms with E-state index in [1.807, 2.05) is 0 Å². The first-order valence-corrected chi connectivity index (χ1v) is 13.6. The molecule has 3 nitrogen and oxygen atoms in total. The van der Waals surface area contributed by atoms with E-state index in [1.165, 1.54) is 11.1 Å². The van der Waals surface area contributed by atoms with E-state index >= 15 is 0 Å². The average Bonchev–Trinajstić information content (AvgIpc) is 3.07. The Kier molecular flexibility index (Phi) is 6.33. The molecule has 0 radical (unpaired) electrons. The van der Waals surface area contributed by atoms with Crippen molar-refractivity contribution in [2.24, 2.45) is 45.3 Å². The summed E-state index contributed by atoms with van der Waals surface area (Å²) in [4.78, 5) is 0. The van der Waals surface area contributed by atoms with Gasteiger partial charge in [0.2, 0.25) is 0 Å². The minimum atomic E-state index is -0.408. The van der Waals surface area contributed by atoms with Crippen molar-refractivity contribution in [3.05, 3.63) is 23.8 Å². The number of hydrogen-bond acceptors (Lipinski definition) is 3. The lowest BCUT2D eigenvalue weighted by atomic mass is 9.34. The minimum Gasteiger partial charge on any atom is -0.393 e. The van der Waals surface area contributed by atoms with Crippen molar-refractivity contribution in [1.82, 2.24) is 0 Å². The molecule has 0 bridgehead atoms. The first-order chi connectivity index (χ1) is 15.2. The smallest absolute Gasteiger partial charge is 0.0595 e. The maximum Gasteiger partial charge on any atom is 0.0595 e. The van der Waals surface area contributed by atoms with E-state index in [9.17, 15) is 15.3 Å². The fraction of sp³-hybridized carbons (Fsp3) is 0.867. The van der Waals surface area contributed by atoms with Crippen molar-refractivity contribution in [3.63, 3.8) is 0 Å². The van der Waals surface area contributed by atoms with Crippen LogP contribution >= 0.6 is 0 Å². The molecule has 4 rings (SSSR count). The summed E-state index contributed by atoms with van der Waals surface area (Å²) in [6.45, 7) is 20.4. The van der Waals surface area contributed by atoms with Crippen LogP contribution in [0.1, 0.15) is 99.8 Å². The summed E-state index contributed by atoms with van der Waals surface area (Å²) >= 11 is 0. The average molecular weight is 459 g/mol. The predicted molar refractivity (Wildman–Crippen MR) is 136 cm³/mol. The van der Waals surface area contributed by atoms with Gasteiger partial charge in [-0.3, -0.25) is 0 Å². The zero-order valence-corrected chi connectivity index (χ0v) is 22.3. The van der Waals surface area contributed by atoms with Gasteiger partial charge in [-0.1, -0.05) is 58.4 Å². The molecule has 4 aliphatic carbocycles. The topological polar surface area (TPSA) is 60.7 Å². The van der Waals surface area contributed by atoms with Crippen molar-refractivity contribution in [2.75, 3.05) is 0 Å². The quantitative estimate of drug-likeness (QED) is 0.435. The van der Waals surface area contributed by atoms with E-state index in [-0.39, 0.29) is 45.7 Å². The van der Waals surface area contributed by atoms with Crippen LogP contribution in [0.4, 0.5) is 0 Å². The van der Waals surface area contributed by atoms with E-state index in [4.69, 9.17) is 0 Å². The molecule has 0 saturated heterocycles. The SMILES string of the molecule is C=C(CCC=C(C)C)C1CC[C@]2(C)C1[C@H](O)CC1[C@@]3(C)CCC(O)C(C)(C)C3[C@H](O)C[C@]12C. The maximum absolute atomic E-state index is 11.7. The summed E-state index contributed by atoms with van der Waals surface area (Å²) in [5.74, 6) is 1.03. The Morgan fingerprint density at radius 3 is 2.24 bits per heavy atom. The van der Waals surface area contributed by atoms with Gasteiger partial charge in [0.05, 0.1) is 18.3 Å². The van der Waals surface area contributed by atoms with Gasteiger partial charge in [-0.25, -0.2) is 0 Å². The van der Waals surface area contributed by atoms with E-state index in [0.29, 0.717) is 11.8 Å². The van der Waals surface area contributed by atoms with Gasteiger partial charge in [-0.2, -0.15) is 0 Å². The largest absolute Gasteiger partial charge is 0.393 e. The van der Waals surface area contributed by atoms with Crippen molar-refractivity contribution in [1.29, 1.82) is 0 Å². The van der Waals surface area contributed by atoms with Crippen LogP contribution in [0.5, 0.6) is 0 Å². The van der Waals surface area contributed by atoms with Gasteiger partial charge in [0.1, 0.15) is 0 Å². The monoisotopic (exact) mass is 458 g/mol. The Morgan fingerprint density at radius 1 is 0.939 bits per heavy atom. The summed E-state index contributed by atoms with van der Waals surface area (Å²) in [6.07, 6.45) is 8.78. The Balaban J connectivity index is 1.68. The maximum atomic E-state index is 11.7. The zero-order chi connectivity index (χ0) is 24.6. The zero-order valence-electron chi connectivity index (χ0n) is 22.3. The molecular weight excluding hydrogens is 408 g/mol. The molecule has 4 fully saturated rings. The Morgan fingerprint density at radius 2 is 1.61 bits per heavy atom. The first-order valence-electron chi connectivity index (χ1n) is 13.6. The second-order valence-electron chi connectivity index (χ2n) is 14.0. The second kappa shape index (κ2) is 8.20. The number of aliphatic hydroxyl groups is 3. The van der Waals surface area contributed by atoms with E-state index < -0.39 is 6.10 Å². The Bertz CT molecular complexity index is 809. The van der Waals surface area contributed by atoms with Crippen molar-refractivity contribution in [2.45, 2.75) is 118 Å². The van der Waals surface area contributed by atoms with E-state index in [2.05, 4.69) is 61.1 Å². The lowest BCUT2D eigenvalue weighted by molar-refractivity contribution is -0.270. The molecule has 0 amide bonds. The molecule has 0 aromatic heterocycles. The van der Waals surface area contributed by atoms with Crippen LogP contribution in [0.2, 0.25) is 0 Å². The third-order valence-corrected chi connectivity index (χ3v) is 11.8. The molecule has 4 aliphatic rings.